The lowest BCUT2D eigenvalue weighted by molar-refractivity contribution is 0.0923. The summed E-state index contributed by atoms with van der Waals surface area (Å²) in [4.78, 5) is 11.6. The Bertz CT molecular complexity index is 522. The molecule has 1 heterocycles. The van der Waals surface area contributed by atoms with Crippen molar-refractivity contribution in [2.75, 3.05) is 0 Å². The molecule has 17 heavy (non-hydrogen) atoms. The van der Waals surface area contributed by atoms with Gasteiger partial charge in [0.05, 0.1) is 0 Å². The zero-order valence-corrected chi connectivity index (χ0v) is 11.1. The summed E-state index contributed by atoms with van der Waals surface area (Å²) in [6.07, 6.45) is 0. The summed E-state index contributed by atoms with van der Waals surface area (Å²) in [6.45, 7) is 0.449. The minimum Gasteiger partial charge on any atom is -0.440 e. The van der Waals surface area contributed by atoms with E-state index in [9.17, 15) is 4.79 Å². The molecule has 1 N–H and O–H groups in total. The predicted octanol–water partition coefficient (Wildman–Crippen LogP) is 3.63. The molecule has 0 bridgehead atoms. The van der Waals surface area contributed by atoms with Gasteiger partial charge in [-0.1, -0.05) is 28.1 Å². The van der Waals surface area contributed by atoms with Crippen molar-refractivity contribution in [2.24, 2.45) is 0 Å². The molecule has 0 unspecified atom stereocenters. The first kappa shape index (κ1) is 12.2. The molecule has 0 fully saturated rings. The first-order valence-electron chi connectivity index (χ1n) is 4.93. The fraction of sp³-hybridized carbons (Fsp3) is 0.0833. The van der Waals surface area contributed by atoms with E-state index in [-0.39, 0.29) is 16.9 Å². The van der Waals surface area contributed by atoms with Gasteiger partial charge in [0.2, 0.25) is 0 Å². The average Bonchev–Trinajstić information content (AvgIpc) is 2.75. The third kappa shape index (κ3) is 3.35. The predicted molar refractivity (Wildman–Crippen MR) is 69.0 cm³/mol. The van der Waals surface area contributed by atoms with Crippen molar-refractivity contribution in [3.05, 3.63) is 57.4 Å². The monoisotopic (exact) mass is 313 g/mol. The number of hydrogen-bond acceptors (Lipinski definition) is 2. The highest BCUT2D eigenvalue weighted by atomic mass is 79.9. The van der Waals surface area contributed by atoms with Gasteiger partial charge in [0.15, 0.2) is 11.0 Å². The molecular formula is C12H9BrClNO2. The van der Waals surface area contributed by atoms with E-state index in [0.29, 0.717) is 6.54 Å². The molecule has 0 saturated carbocycles. The van der Waals surface area contributed by atoms with E-state index in [2.05, 4.69) is 21.2 Å². The summed E-state index contributed by atoms with van der Waals surface area (Å²) < 4.78 is 6.00. The van der Waals surface area contributed by atoms with Gasteiger partial charge in [-0.25, -0.2) is 0 Å². The third-order valence-corrected chi connectivity index (χ3v) is 2.90. The smallest absolute Gasteiger partial charge is 0.287 e. The molecule has 1 aromatic carbocycles. The Kier molecular flexibility index (Phi) is 3.86. The molecule has 0 aliphatic heterocycles. The van der Waals surface area contributed by atoms with Gasteiger partial charge in [0, 0.05) is 11.0 Å². The van der Waals surface area contributed by atoms with Gasteiger partial charge < -0.3 is 9.73 Å². The molecule has 5 heteroatoms. The fourth-order valence-electron chi connectivity index (χ4n) is 1.31. The number of amides is 1. The number of carbonyl (C=O) groups excluding carboxylic acids is 1. The van der Waals surface area contributed by atoms with Gasteiger partial charge in [-0.05, 0) is 41.4 Å². The van der Waals surface area contributed by atoms with E-state index >= 15 is 0 Å². The lowest BCUT2D eigenvalue weighted by Crippen LogP contribution is -2.22. The molecule has 1 aromatic heterocycles. The van der Waals surface area contributed by atoms with Crippen molar-refractivity contribution in [3.63, 3.8) is 0 Å². The second-order valence-corrected chi connectivity index (χ2v) is 4.70. The Morgan fingerprint density at radius 3 is 2.53 bits per heavy atom. The molecule has 2 rings (SSSR count). The Hall–Kier alpha value is -1.26. The lowest BCUT2D eigenvalue weighted by Gasteiger charge is -2.03. The molecule has 0 aliphatic carbocycles. The topological polar surface area (TPSA) is 42.2 Å². The van der Waals surface area contributed by atoms with Crippen molar-refractivity contribution < 1.29 is 9.21 Å². The van der Waals surface area contributed by atoms with Crippen LogP contribution < -0.4 is 5.32 Å². The van der Waals surface area contributed by atoms with Crippen molar-refractivity contribution in [1.82, 2.24) is 5.32 Å². The van der Waals surface area contributed by atoms with Crippen LogP contribution in [0.25, 0.3) is 0 Å². The maximum atomic E-state index is 11.6. The van der Waals surface area contributed by atoms with Crippen LogP contribution in [0.15, 0.2) is 45.3 Å². The van der Waals surface area contributed by atoms with Crippen LogP contribution in [0, 0.1) is 0 Å². The summed E-state index contributed by atoms with van der Waals surface area (Å²) in [5.74, 6) is -0.0630. The molecule has 0 spiro atoms. The molecule has 0 aliphatic rings. The normalized spacial score (nSPS) is 10.2. The van der Waals surface area contributed by atoms with Crippen molar-refractivity contribution in [1.29, 1.82) is 0 Å². The Morgan fingerprint density at radius 2 is 1.94 bits per heavy atom. The van der Waals surface area contributed by atoms with E-state index < -0.39 is 0 Å². The van der Waals surface area contributed by atoms with E-state index in [0.717, 1.165) is 10.0 Å². The highest BCUT2D eigenvalue weighted by Crippen LogP contribution is 2.13. The van der Waals surface area contributed by atoms with Crippen LogP contribution in [0.3, 0.4) is 0 Å². The highest BCUT2D eigenvalue weighted by molar-refractivity contribution is 9.10. The molecule has 0 radical (unpaired) electrons. The number of nitrogens with one attached hydrogen (secondary N) is 1. The van der Waals surface area contributed by atoms with Gasteiger partial charge >= 0.3 is 0 Å². The molecule has 1 amide bonds. The summed E-state index contributed by atoms with van der Waals surface area (Å²) in [5, 5.41) is 2.95. The van der Waals surface area contributed by atoms with Crippen LogP contribution >= 0.6 is 27.5 Å². The van der Waals surface area contributed by atoms with Gasteiger partial charge in [-0.2, -0.15) is 0 Å². The average molecular weight is 315 g/mol. The van der Waals surface area contributed by atoms with Crippen LogP contribution in [-0.2, 0) is 6.54 Å². The summed E-state index contributed by atoms with van der Waals surface area (Å²) in [5.41, 5.74) is 1.01. The quantitative estimate of drug-likeness (QED) is 0.940. The molecule has 0 atom stereocenters. The lowest BCUT2D eigenvalue weighted by atomic mass is 10.2. The van der Waals surface area contributed by atoms with Crippen molar-refractivity contribution >= 4 is 33.4 Å². The summed E-state index contributed by atoms with van der Waals surface area (Å²) >= 11 is 8.94. The third-order valence-electron chi connectivity index (χ3n) is 2.16. The van der Waals surface area contributed by atoms with Gasteiger partial charge in [0.1, 0.15) is 0 Å². The zero-order valence-electron chi connectivity index (χ0n) is 8.74. The van der Waals surface area contributed by atoms with E-state index in [1.54, 1.807) is 6.07 Å². The minimum atomic E-state index is -0.278. The zero-order chi connectivity index (χ0) is 12.3. The first-order chi connectivity index (χ1) is 8.15. The van der Waals surface area contributed by atoms with Crippen LogP contribution in [0.5, 0.6) is 0 Å². The SMILES string of the molecule is O=C(NCc1ccc(Br)cc1)c1ccc(Cl)o1. The van der Waals surface area contributed by atoms with Crippen molar-refractivity contribution in [3.8, 4) is 0 Å². The maximum absolute atomic E-state index is 11.6. The number of carbonyl (C=O) groups is 1. The molecule has 88 valence electrons. The maximum Gasteiger partial charge on any atom is 0.287 e. The number of furan rings is 1. The van der Waals surface area contributed by atoms with E-state index in [4.69, 9.17) is 16.0 Å². The van der Waals surface area contributed by atoms with Crippen LogP contribution in [0.2, 0.25) is 5.22 Å². The second kappa shape index (κ2) is 5.38. The largest absolute Gasteiger partial charge is 0.440 e. The fourth-order valence-corrected chi connectivity index (χ4v) is 1.72. The Balaban J connectivity index is 1.94. The molecular weight excluding hydrogens is 305 g/mol. The van der Waals surface area contributed by atoms with Gasteiger partial charge in [0.25, 0.3) is 5.91 Å². The van der Waals surface area contributed by atoms with Crippen LogP contribution in [0.1, 0.15) is 16.1 Å². The van der Waals surface area contributed by atoms with Gasteiger partial charge in [-0.3, -0.25) is 4.79 Å². The number of hydrogen-bond donors (Lipinski definition) is 1. The van der Waals surface area contributed by atoms with Crippen LogP contribution in [-0.4, -0.2) is 5.91 Å². The van der Waals surface area contributed by atoms with Gasteiger partial charge in [-0.15, -0.1) is 0 Å². The summed E-state index contributed by atoms with van der Waals surface area (Å²) in [6, 6.07) is 10.8. The highest BCUT2D eigenvalue weighted by Gasteiger charge is 2.09. The summed E-state index contributed by atoms with van der Waals surface area (Å²) in [7, 11) is 0. The van der Waals surface area contributed by atoms with Crippen LogP contribution in [0.4, 0.5) is 0 Å². The number of halogens is 2. The van der Waals surface area contributed by atoms with Crippen molar-refractivity contribution in [2.45, 2.75) is 6.54 Å². The molecule has 2 aromatic rings. The van der Waals surface area contributed by atoms with E-state index in [1.807, 2.05) is 24.3 Å². The number of rotatable bonds is 3. The molecule has 3 nitrogen and oxygen atoms in total. The molecule has 0 saturated heterocycles. The number of benzene rings is 1. The minimum absolute atomic E-state index is 0.207. The van der Waals surface area contributed by atoms with E-state index in [1.165, 1.54) is 6.07 Å². The second-order valence-electron chi connectivity index (χ2n) is 3.41. The Morgan fingerprint density at radius 1 is 1.24 bits per heavy atom. The Labute approximate surface area is 112 Å². The standard InChI is InChI=1S/C12H9BrClNO2/c13-9-3-1-8(2-4-9)7-15-12(16)10-5-6-11(14)17-10/h1-6H,7H2,(H,15,16). The first-order valence-corrected chi connectivity index (χ1v) is 6.10.